The summed E-state index contributed by atoms with van der Waals surface area (Å²) in [6, 6.07) is 6.49. The van der Waals surface area contributed by atoms with Gasteiger partial charge in [-0.05, 0) is 12.1 Å². The molecule has 0 bridgehead atoms. The van der Waals surface area contributed by atoms with Crippen molar-refractivity contribution in [1.29, 1.82) is 0 Å². The molecule has 10 heteroatoms. The fourth-order valence-corrected chi connectivity index (χ4v) is 2.44. The molecule has 1 aromatic carbocycles. The van der Waals surface area contributed by atoms with Crippen LogP contribution in [-0.4, -0.2) is 54.3 Å². The Balaban J connectivity index is 1.91. The van der Waals surface area contributed by atoms with Crippen LogP contribution in [0.15, 0.2) is 34.5 Å². The van der Waals surface area contributed by atoms with Crippen LogP contribution in [-0.2, 0) is 4.79 Å². The van der Waals surface area contributed by atoms with E-state index in [1.807, 2.05) is 0 Å². The van der Waals surface area contributed by atoms with Gasteiger partial charge in [0.05, 0.1) is 39.4 Å². The summed E-state index contributed by atoms with van der Waals surface area (Å²) < 4.78 is 15.1. The molecular weight excluding hydrogens is 360 g/mol. The zero-order valence-electron chi connectivity index (χ0n) is 14.4. The van der Waals surface area contributed by atoms with E-state index in [0.717, 1.165) is 11.8 Å². The van der Waals surface area contributed by atoms with Crippen molar-refractivity contribution >= 4 is 23.9 Å². The van der Waals surface area contributed by atoms with Gasteiger partial charge in [-0.1, -0.05) is 17.8 Å². The summed E-state index contributed by atoms with van der Waals surface area (Å²) in [5.41, 5.74) is 2.78. The van der Waals surface area contributed by atoms with Gasteiger partial charge in [0.1, 0.15) is 0 Å². The predicted molar refractivity (Wildman–Crippen MR) is 96.3 cm³/mol. The van der Waals surface area contributed by atoms with E-state index in [1.54, 1.807) is 18.2 Å². The number of hydrogen-bond donors (Lipinski definition) is 2. The highest BCUT2D eigenvalue weighted by Crippen LogP contribution is 2.28. The van der Waals surface area contributed by atoms with E-state index in [4.69, 9.17) is 14.2 Å². The number of rotatable bonds is 8. The lowest BCUT2D eigenvalue weighted by molar-refractivity contribution is -0.118. The Hall–Kier alpha value is -3.01. The van der Waals surface area contributed by atoms with Crippen molar-refractivity contribution in [2.24, 2.45) is 5.10 Å². The molecule has 2 rings (SSSR count). The van der Waals surface area contributed by atoms with Crippen molar-refractivity contribution in [3.63, 3.8) is 0 Å². The van der Waals surface area contributed by atoms with E-state index in [0.29, 0.717) is 28.2 Å². The number of hydrogen-bond acceptors (Lipinski definition) is 9. The smallest absolute Gasteiger partial charge is 0.250 e. The first-order valence-corrected chi connectivity index (χ1v) is 8.33. The average molecular weight is 378 g/mol. The molecule has 0 fully saturated rings. The van der Waals surface area contributed by atoms with Crippen molar-refractivity contribution in [3.8, 4) is 23.3 Å². The van der Waals surface area contributed by atoms with Crippen LogP contribution in [0.5, 0.6) is 23.3 Å². The minimum absolute atomic E-state index is 0.0394. The number of amides is 1. The average Bonchev–Trinajstić information content (AvgIpc) is 2.67. The lowest BCUT2D eigenvalue weighted by Gasteiger charge is -2.06. The molecule has 1 heterocycles. The molecule has 0 aliphatic carbocycles. The van der Waals surface area contributed by atoms with E-state index < -0.39 is 0 Å². The van der Waals surface area contributed by atoms with Crippen molar-refractivity contribution in [2.45, 2.75) is 5.16 Å². The Kier molecular flexibility index (Phi) is 7.03. The second kappa shape index (κ2) is 9.47. The van der Waals surface area contributed by atoms with Crippen molar-refractivity contribution in [2.75, 3.05) is 27.1 Å². The Bertz CT molecular complexity index is 778. The van der Waals surface area contributed by atoms with E-state index in [1.165, 1.54) is 33.6 Å². The number of aromatic hydroxyl groups is 1. The first-order chi connectivity index (χ1) is 12.6. The van der Waals surface area contributed by atoms with Gasteiger partial charge in [0.15, 0.2) is 16.7 Å². The monoisotopic (exact) mass is 378 g/mol. The maximum Gasteiger partial charge on any atom is 0.250 e. The Labute approximate surface area is 154 Å². The number of thioether (sulfide) groups is 1. The largest absolute Gasteiger partial charge is 0.504 e. The van der Waals surface area contributed by atoms with Crippen LogP contribution in [0.2, 0.25) is 0 Å². The molecule has 0 saturated heterocycles. The van der Waals surface area contributed by atoms with Crippen molar-refractivity contribution in [3.05, 3.63) is 29.8 Å². The normalized spacial score (nSPS) is 10.6. The molecule has 0 spiro atoms. The SMILES string of the molecule is COc1cc(OC)nc(SCC(=O)NN=Cc2cccc(OC)c2O)n1. The molecule has 2 aromatic rings. The maximum absolute atomic E-state index is 11.9. The number of phenols is 1. The zero-order valence-corrected chi connectivity index (χ0v) is 15.2. The maximum atomic E-state index is 11.9. The number of ether oxygens (including phenoxy) is 3. The van der Waals surface area contributed by atoms with Gasteiger partial charge in [0.25, 0.3) is 5.91 Å². The third-order valence-electron chi connectivity index (χ3n) is 3.05. The molecule has 26 heavy (non-hydrogen) atoms. The second-order valence-corrected chi connectivity index (χ2v) is 5.66. The third-order valence-corrected chi connectivity index (χ3v) is 3.90. The van der Waals surface area contributed by atoms with Gasteiger partial charge in [-0.15, -0.1) is 0 Å². The number of aromatic nitrogens is 2. The standard InChI is InChI=1S/C16H18N4O5S/c1-23-11-6-4-5-10(15(11)22)8-17-20-12(21)9-26-16-18-13(24-2)7-14(19-16)25-3/h4-8,22H,9H2,1-3H3,(H,20,21). The van der Waals surface area contributed by atoms with E-state index in [-0.39, 0.29) is 17.4 Å². The Morgan fingerprint density at radius 3 is 2.54 bits per heavy atom. The minimum atomic E-state index is -0.362. The van der Waals surface area contributed by atoms with Crippen molar-refractivity contribution < 1.29 is 24.1 Å². The Morgan fingerprint density at radius 1 is 1.23 bits per heavy atom. The van der Waals surface area contributed by atoms with Crippen molar-refractivity contribution in [1.82, 2.24) is 15.4 Å². The number of phenolic OH excluding ortho intramolecular Hbond substituents is 1. The summed E-state index contributed by atoms with van der Waals surface area (Å²) in [7, 11) is 4.40. The number of para-hydroxylation sites is 1. The summed E-state index contributed by atoms with van der Waals surface area (Å²) in [5, 5.41) is 14.1. The summed E-state index contributed by atoms with van der Waals surface area (Å²) in [4.78, 5) is 20.1. The summed E-state index contributed by atoms with van der Waals surface area (Å²) in [5.74, 6) is 0.619. The molecule has 0 saturated carbocycles. The number of carbonyl (C=O) groups excluding carboxylic acids is 1. The van der Waals surface area contributed by atoms with Gasteiger partial charge in [-0.2, -0.15) is 15.1 Å². The summed E-state index contributed by atoms with van der Waals surface area (Å²) in [6.07, 6.45) is 1.32. The zero-order chi connectivity index (χ0) is 18.9. The number of hydrazone groups is 1. The molecule has 0 aliphatic rings. The molecule has 9 nitrogen and oxygen atoms in total. The lowest BCUT2D eigenvalue weighted by Crippen LogP contribution is -2.19. The van der Waals surface area contributed by atoms with Gasteiger partial charge in [-0.3, -0.25) is 4.79 Å². The van der Waals surface area contributed by atoms with E-state index in [2.05, 4.69) is 20.5 Å². The second-order valence-electron chi connectivity index (χ2n) is 4.72. The topological polar surface area (TPSA) is 115 Å². The van der Waals surface area contributed by atoms with Gasteiger partial charge in [0, 0.05) is 5.56 Å². The molecule has 0 aliphatic heterocycles. The number of carbonyl (C=O) groups is 1. The summed E-state index contributed by atoms with van der Waals surface area (Å²) >= 11 is 1.11. The van der Waals surface area contributed by atoms with E-state index >= 15 is 0 Å². The van der Waals surface area contributed by atoms with Gasteiger partial charge < -0.3 is 19.3 Å². The minimum Gasteiger partial charge on any atom is -0.504 e. The molecule has 2 N–H and O–H groups in total. The van der Waals surface area contributed by atoms with Crippen LogP contribution in [0.1, 0.15) is 5.56 Å². The van der Waals surface area contributed by atoms with E-state index in [9.17, 15) is 9.90 Å². The third kappa shape index (κ3) is 5.24. The van der Waals surface area contributed by atoms with Crippen LogP contribution in [0.3, 0.4) is 0 Å². The molecule has 0 unspecified atom stereocenters. The van der Waals surface area contributed by atoms with Gasteiger partial charge in [0.2, 0.25) is 11.8 Å². The summed E-state index contributed by atoms with van der Waals surface area (Å²) in [6.45, 7) is 0. The van der Waals surface area contributed by atoms with Crippen LogP contribution >= 0.6 is 11.8 Å². The molecule has 0 atom stereocenters. The van der Waals surface area contributed by atoms with Gasteiger partial charge >= 0.3 is 0 Å². The Morgan fingerprint density at radius 2 is 1.92 bits per heavy atom. The van der Waals surface area contributed by atoms with Gasteiger partial charge in [-0.25, -0.2) is 5.43 Å². The molecule has 138 valence electrons. The predicted octanol–water partition coefficient (Wildman–Crippen LogP) is 1.45. The lowest BCUT2D eigenvalue weighted by atomic mass is 10.2. The first-order valence-electron chi connectivity index (χ1n) is 7.35. The molecule has 1 amide bonds. The quantitative estimate of drug-likeness (QED) is 0.307. The number of methoxy groups -OCH3 is 3. The molecule has 0 radical (unpaired) electrons. The molecule has 1 aromatic heterocycles. The first kappa shape index (κ1) is 19.3. The fourth-order valence-electron chi connectivity index (χ4n) is 1.80. The van der Waals surface area contributed by atoms with Crippen LogP contribution in [0.25, 0.3) is 0 Å². The molecular formula is C16H18N4O5S. The van der Waals surface area contributed by atoms with Crippen LogP contribution < -0.4 is 19.6 Å². The highest BCUT2D eigenvalue weighted by Gasteiger charge is 2.09. The number of nitrogens with one attached hydrogen (secondary N) is 1. The highest BCUT2D eigenvalue weighted by atomic mass is 32.2. The number of benzene rings is 1. The van der Waals surface area contributed by atoms with Crippen LogP contribution in [0.4, 0.5) is 0 Å². The highest BCUT2D eigenvalue weighted by molar-refractivity contribution is 7.99. The fraction of sp³-hybridized carbons (Fsp3) is 0.250. The van der Waals surface area contributed by atoms with Crippen LogP contribution in [0, 0.1) is 0 Å². The number of nitrogens with zero attached hydrogens (tertiary/aromatic N) is 3.